The fraction of sp³-hybridized carbons (Fsp3) is 0.955. The largest absolute Gasteiger partial charge is 0.431 e. The fourth-order valence-corrected chi connectivity index (χ4v) is 18.9. The van der Waals surface area contributed by atoms with Crippen LogP contribution in [0.25, 0.3) is 0 Å². The molecule has 0 radical (unpaired) electrons. The molecule has 98 heavy (non-hydrogen) atoms. The van der Waals surface area contributed by atoms with Gasteiger partial charge >= 0.3 is 5.97 Å². The summed E-state index contributed by atoms with van der Waals surface area (Å²) in [5.74, 6) is -2.22. The van der Waals surface area contributed by atoms with Crippen molar-refractivity contribution in [2.24, 2.45) is 45.3 Å². The maximum atomic E-state index is 15.5. The van der Waals surface area contributed by atoms with Crippen LogP contribution in [0.4, 0.5) is 0 Å². The first-order valence-electron chi connectivity index (χ1n) is 34.7. The van der Waals surface area contributed by atoms with Gasteiger partial charge < -0.3 is 154 Å². The second kappa shape index (κ2) is 30.5. The summed E-state index contributed by atoms with van der Waals surface area (Å²) >= 11 is 0. The molecule has 4 saturated carbocycles. The highest BCUT2D eigenvalue weighted by Gasteiger charge is 2.71. The number of hydrogen-bond donors (Lipinski definition) is 19. The molecule has 10 rings (SSSR count). The summed E-state index contributed by atoms with van der Waals surface area (Å²) in [5, 5.41) is 209. The molecule has 0 aromatic heterocycles. The van der Waals surface area contributed by atoms with Gasteiger partial charge in [0.05, 0.1) is 44.7 Å². The molecule has 10 fully saturated rings. The first-order chi connectivity index (χ1) is 45.9. The Morgan fingerprint density at radius 1 is 0.459 bits per heavy atom. The third kappa shape index (κ3) is 14.1. The van der Waals surface area contributed by atoms with Gasteiger partial charge in [-0.15, -0.1) is 0 Å². The Hall–Kier alpha value is -1.99. The molecule has 39 atom stereocenters. The van der Waals surface area contributed by atoms with Crippen LogP contribution in [0.15, 0.2) is 11.6 Å². The molecule has 0 bridgehead atoms. The predicted molar refractivity (Wildman–Crippen MR) is 329 cm³/mol. The number of allylic oxidation sites excluding steroid dienone is 2. The Balaban J connectivity index is 0.905. The van der Waals surface area contributed by atoms with E-state index in [1.807, 2.05) is 19.9 Å². The monoisotopic (exact) mass is 1410 g/mol. The summed E-state index contributed by atoms with van der Waals surface area (Å²) in [6.45, 7) is 14.4. The summed E-state index contributed by atoms with van der Waals surface area (Å²) < 4.78 is 72.9. The van der Waals surface area contributed by atoms with E-state index in [4.69, 9.17) is 56.8 Å². The molecule has 32 heteroatoms. The van der Waals surface area contributed by atoms with E-state index in [-0.39, 0.29) is 36.0 Å². The topological polar surface area (TPSA) is 512 Å². The van der Waals surface area contributed by atoms with Crippen molar-refractivity contribution in [2.45, 2.75) is 322 Å². The number of carbonyl (C=O) groups is 1. The number of fused-ring (bicyclic) bond motifs is 5. The first-order valence-corrected chi connectivity index (χ1v) is 34.7. The molecular formula is C66H110O32. The SMILES string of the molecule is CC(C)=CCC[C@@](O)(C(=O)O[C@@H]1O[C@H](CO[C@@H]2O[C@@H](C)[C@H](O)[C@@H](O)[C@H]2O)[C@@H](O)[C@H](O)[C@H]1O[C@@H]1O[C@H](CO)[C@@H](O)[C@H](O)[C@H]1O)[C@H]1CC[C@]2(C)[C@@H]1CC[C@@H]1[C@@]3(C)CC[C@H](O[C@@H]4O[C@H](CO)[C@@H](O)[C@H](O[C@@H]5O[C@H](CO)[C@@H](O)[C@H](O)[C@H]5O)[C@H]4O[C@@H]4O[C@@H](C)[C@H](O)[C@@H](O)[C@H]4O)C(C)(C)[C@@H]3CC[C@]12C. The highest BCUT2D eigenvalue weighted by atomic mass is 16.8. The maximum absolute atomic E-state index is 15.5. The van der Waals surface area contributed by atoms with Gasteiger partial charge in [0.1, 0.15) is 128 Å². The van der Waals surface area contributed by atoms with Crippen molar-refractivity contribution in [3.63, 3.8) is 0 Å². The van der Waals surface area contributed by atoms with Crippen LogP contribution in [0.3, 0.4) is 0 Å². The van der Waals surface area contributed by atoms with Crippen molar-refractivity contribution in [2.75, 3.05) is 26.4 Å². The van der Waals surface area contributed by atoms with Crippen molar-refractivity contribution in [1.29, 1.82) is 0 Å². The molecule has 0 spiro atoms. The molecule has 0 amide bonds. The molecule has 6 aliphatic heterocycles. The molecule has 19 N–H and O–H groups in total. The van der Waals surface area contributed by atoms with Crippen LogP contribution in [0.1, 0.15) is 127 Å². The highest BCUT2D eigenvalue weighted by Crippen LogP contribution is 2.76. The molecule has 0 unspecified atom stereocenters. The van der Waals surface area contributed by atoms with E-state index >= 15 is 4.79 Å². The maximum Gasteiger partial charge on any atom is 0.340 e. The Morgan fingerprint density at radius 2 is 0.929 bits per heavy atom. The number of rotatable bonds is 20. The van der Waals surface area contributed by atoms with E-state index in [1.54, 1.807) is 0 Å². The Kier molecular flexibility index (Phi) is 24.4. The van der Waals surface area contributed by atoms with Gasteiger partial charge in [0, 0.05) is 5.92 Å². The van der Waals surface area contributed by atoms with Gasteiger partial charge in [-0.1, -0.05) is 46.3 Å². The number of aliphatic hydroxyl groups is 19. The smallest absolute Gasteiger partial charge is 0.340 e. The Labute approximate surface area is 568 Å². The lowest BCUT2D eigenvalue weighted by atomic mass is 9.35. The minimum absolute atomic E-state index is 0.0514. The number of esters is 1. The van der Waals surface area contributed by atoms with Crippen LogP contribution in [0, 0.1) is 45.3 Å². The number of hydrogen-bond acceptors (Lipinski definition) is 32. The molecule has 6 heterocycles. The molecule has 0 aromatic rings. The summed E-state index contributed by atoms with van der Waals surface area (Å²) in [6.07, 6.45) is -45.9. The molecule has 10 aliphatic rings. The van der Waals surface area contributed by atoms with E-state index in [9.17, 15) is 97.0 Å². The normalized spacial score (nSPS) is 52.6. The lowest BCUT2D eigenvalue weighted by molar-refractivity contribution is -0.398. The van der Waals surface area contributed by atoms with Crippen molar-refractivity contribution >= 4 is 5.97 Å². The molecular weight excluding hydrogens is 1300 g/mol. The van der Waals surface area contributed by atoms with Crippen LogP contribution in [0.2, 0.25) is 0 Å². The third-order valence-electron chi connectivity index (χ3n) is 25.0. The van der Waals surface area contributed by atoms with Crippen LogP contribution < -0.4 is 0 Å². The summed E-state index contributed by atoms with van der Waals surface area (Å²) in [6, 6.07) is 0. The van der Waals surface area contributed by atoms with Gasteiger partial charge in [-0.25, -0.2) is 4.79 Å². The third-order valence-corrected chi connectivity index (χ3v) is 25.0. The number of aliphatic hydroxyl groups excluding tert-OH is 18. The van der Waals surface area contributed by atoms with Gasteiger partial charge in [0.15, 0.2) is 43.2 Å². The van der Waals surface area contributed by atoms with Gasteiger partial charge in [0.2, 0.25) is 6.29 Å². The van der Waals surface area contributed by atoms with Crippen LogP contribution in [-0.4, -0.2) is 325 Å². The fourth-order valence-electron chi connectivity index (χ4n) is 18.9. The number of ether oxygens (including phenoxy) is 12. The van der Waals surface area contributed by atoms with E-state index in [1.165, 1.54) is 13.8 Å². The quantitative estimate of drug-likeness (QED) is 0.0308. The van der Waals surface area contributed by atoms with Crippen LogP contribution >= 0.6 is 0 Å². The van der Waals surface area contributed by atoms with E-state index in [0.29, 0.717) is 51.4 Å². The first kappa shape index (κ1) is 78.6. The molecule has 6 saturated heterocycles. The zero-order chi connectivity index (χ0) is 72.0. The summed E-state index contributed by atoms with van der Waals surface area (Å²) in [4.78, 5) is 15.5. The average Bonchev–Trinajstić information content (AvgIpc) is 1.17. The van der Waals surface area contributed by atoms with Crippen molar-refractivity contribution in [1.82, 2.24) is 0 Å². The molecule has 32 nitrogen and oxygen atoms in total. The van der Waals surface area contributed by atoms with E-state index in [2.05, 4.69) is 34.6 Å². The van der Waals surface area contributed by atoms with Crippen molar-refractivity contribution in [3.05, 3.63) is 11.6 Å². The molecule has 0 aromatic carbocycles. The lowest BCUT2D eigenvalue weighted by Crippen LogP contribution is -2.68. The second-order valence-corrected chi connectivity index (χ2v) is 31.1. The Morgan fingerprint density at radius 3 is 1.49 bits per heavy atom. The van der Waals surface area contributed by atoms with Gasteiger partial charge in [-0.05, 0) is 131 Å². The Bertz CT molecular complexity index is 2680. The van der Waals surface area contributed by atoms with E-state index in [0.717, 1.165) is 5.57 Å². The second-order valence-electron chi connectivity index (χ2n) is 31.1. The van der Waals surface area contributed by atoms with Gasteiger partial charge in [-0.3, -0.25) is 0 Å². The van der Waals surface area contributed by atoms with Crippen LogP contribution in [0.5, 0.6) is 0 Å². The van der Waals surface area contributed by atoms with Crippen molar-refractivity contribution < 1.29 is 159 Å². The summed E-state index contributed by atoms with van der Waals surface area (Å²) in [7, 11) is 0. The average molecular weight is 1420 g/mol. The zero-order valence-electron chi connectivity index (χ0n) is 57.0. The molecule has 566 valence electrons. The minimum atomic E-state index is -2.28. The predicted octanol–water partition coefficient (Wildman–Crippen LogP) is -4.97. The van der Waals surface area contributed by atoms with Crippen LogP contribution in [-0.2, 0) is 61.6 Å². The van der Waals surface area contributed by atoms with E-state index < -0.39 is 251 Å². The van der Waals surface area contributed by atoms with Gasteiger partial charge in [-0.2, -0.15) is 0 Å². The van der Waals surface area contributed by atoms with Gasteiger partial charge in [0.25, 0.3) is 0 Å². The minimum Gasteiger partial charge on any atom is -0.431 e. The zero-order valence-corrected chi connectivity index (χ0v) is 57.0. The highest BCUT2D eigenvalue weighted by molar-refractivity contribution is 5.80. The standard InChI is InChI=1S/C66H110O32/c1-25(2)11-10-17-66(86,61(85)98-59-53(96-58-51(84)46(79)40(73)31(22-68)91-58)47(80)41(74)33(93-59)24-87-55-48(81)43(76)37(70)26(3)88-55)29-14-19-64(8)28(29)12-13-35-63(7)18-16-36(62(5,6)34(63)15-20-65(35,64)9)94-60-54(97-56-49(82)44(77)38(71)27(4)89-56)52(42(75)32(23-69)92-60)95-57-50(83)45(78)39(72)30(21-67)90-57/h11,26-60,67-84,86H,10,12-24H2,1-9H3/t26-,27-,28+,29-,30+,31+,32+,33+,34-,35+,36-,37-,38-,39+,40+,41+,42+,43+,44+,45-,46-,47-,48+,49+,50+,51+,52-,53+,54+,55+,56-,57-,58-,59-,60-,63-,64+,65+,66-/m0/s1. The number of carbonyl (C=O) groups excluding carboxylic acids is 1. The van der Waals surface area contributed by atoms with Crippen molar-refractivity contribution in [3.8, 4) is 0 Å². The summed E-state index contributed by atoms with van der Waals surface area (Å²) in [5.41, 5.74) is -3.40. The molecule has 4 aliphatic carbocycles. The lowest BCUT2D eigenvalue weighted by Gasteiger charge is -2.70.